The molecule has 0 fully saturated rings. The number of aromatic amines is 1. The minimum absolute atomic E-state index is 0.0562. The highest BCUT2D eigenvalue weighted by Crippen LogP contribution is 1.93. The van der Waals surface area contributed by atoms with Gasteiger partial charge in [-0.2, -0.15) is 0 Å². The van der Waals surface area contributed by atoms with Crippen LogP contribution in [0.15, 0.2) is 35.8 Å². The first kappa shape index (κ1) is 6.81. The van der Waals surface area contributed by atoms with E-state index >= 15 is 0 Å². The molecule has 0 spiro atoms. The van der Waals surface area contributed by atoms with Gasteiger partial charge in [-0.1, -0.05) is 6.08 Å². The zero-order valence-electron chi connectivity index (χ0n) is 5.63. The Morgan fingerprint density at radius 2 is 2.50 bits per heavy atom. The van der Waals surface area contributed by atoms with E-state index in [9.17, 15) is 4.79 Å². The Morgan fingerprint density at radius 1 is 1.70 bits per heavy atom. The quantitative estimate of drug-likeness (QED) is 0.605. The Balaban J connectivity index is 2.95. The molecule has 0 aliphatic heterocycles. The summed E-state index contributed by atoms with van der Waals surface area (Å²) >= 11 is 0. The molecule has 0 unspecified atom stereocenters. The standard InChI is InChI=1S/C8H9NO/c1-2-3-7-4-5-9-8(10)6-7/h2,4-6H,1,3H2,(H,9,10). The molecule has 0 saturated heterocycles. The molecule has 0 amide bonds. The lowest BCUT2D eigenvalue weighted by atomic mass is 10.2. The first-order valence-electron chi connectivity index (χ1n) is 3.11. The van der Waals surface area contributed by atoms with Gasteiger partial charge in [-0.15, -0.1) is 6.58 Å². The second kappa shape index (κ2) is 3.01. The third kappa shape index (κ3) is 1.58. The topological polar surface area (TPSA) is 32.9 Å². The number of hydrogen-bond donors (Lipinski definition) is 1. The van der Waals surface area contributed by atoms with Crippen LogP contribution in [0.4, 0.5) is 0 Å². The van der Waals surface area contributed by atoms with Crippen LogP contribution < -0.4 is 5.56 Å². The number of rotatable bonds is 2. The normalized spacial score (nSPS) is 9.20. The van der Waals surface area contributed by atoms with Crippen LogP contribution in [0.25, 0.3) is 0 Å². The molecule has 2 heteroatoms. The lowest BCUT2D eigenvalue weighted by Crippen LogP contribution is -2.03. The van der Waals surface area contributed by atoms with Crippen LogP contribution in [-0.4, -0.2) is 4.98 Å². The molecule has 1 N–H and O–H groups in total. The van der Waals surface area contributed by atoms with Crippen LogP contribution in [-0.2, 0) is 6.42 Å². The van der Waals surface area contributed by atoms with Crippen molar-refractivity contribution in [3.63, 3.8) is 0 Å². The average molecular weight is 135 g/mol. The predicted octanol–water partition coefficient (Wildman–Crippen LogP) is 1.10. The third-order valence-corrected chi connectivity index (χ3v) is 1.22. The van der Waals surface area contributed by atoms with E-state index < -0.39 is 0 Å². The Labute approximate surface area is 59.2 Å². The molecule has 0 aliphatic rings. The molecule has 0 atom stereocenters. The Kier molecular flexibility index (Phi) is 2.05. The molecule has 2 nitrogen and oxygen atoms in total. The fourth-order valence-electron chi connectivity index (χ4n) is 0.783. The monoisotopic (exact) mass is 135 g/mol. The van der Waals surface area contributed by atoms with E-state index in [0.29, 0.717) is 0 Å². The van der Waals surface area contributed by atoms with Gasteiger partial charge in [-0.05, 0) is 18.1 Å². The summed E-state index contributed by atoms with van der Waals surface area (Å²) in [7, 11) is 0. The highest BCUT2D eigenvalue weighted by atomic mass is 16.1. The zero-order valence-corrected chi connectivity index (χ0v) is 5.63. The molecule has 0 aromatic carbocycles. The second-order valence-electron chi connectivity index (χ2n) is 2.05. The summed E-state index contributed by atoms with van der Waals surface area (Å²) in [5.74, 6) is 0. The van der Waals surface area contributed by atoms with Crippen LogP contribution in [0.2, 0.25) is 0 Å². The third-order valence-electron chi connectivity index (χ3n) is 1.22. The Morgan fingerprint density at radius 3 is 3.10 bits per heavy atom. The van der Waals surface area contributed by atoms with Gasteiger partial charge < -0.3 is 4.98 Å². The van der Waals surface area contributed by atoms with Crippen LogP contribution in [0.3, 0.4) is 0 Å². The number of allylic oxidation sites excluding steroid dienone is 1. The van der Waals surface area contributed by atoms with E-state index in [1.807, 2.05) is 6.07 Å². The van der Waals surface area contributed by atoms with Crippen molar-refractivity contribution in [1.29, 1.82) is 0 Å². The summed E-state index contributed by atoms with van der Waals surface area (Å²) in [5, 5.41) is 0. The first-order valence-corrected chi connectivity index (χ1v) is 3.11. The van der Waals surface area contributed by atoms with Gasteiger partial charge in [0.25, 0.3) is 0 Å². The highest BCUT2D eigenvalue weighted by Gasteiger charge is 1.87. The van der Waals surface area contributed by atoms with E-state index in [2.05, 4.69) is 11.6 Å². The molecule has 52 valence electrons. The lowest BCUT2D eigenvalue weighted by molar-refractivity contribution is 1.17. The van der Waals surface area contributed by atoms with Gasteiger partial charge >= 0.3 is 0 Å². The van der Waals surface area contributed by atoms with Gasteiger partial charge in [0.1, 0.15) is 0 Å². The number of nitrogens with one attached hydrogen (secondary N) is 1. The van der Waals surface area contributed by atoms with E-state index in [1.54, 1.807) is 18.3 Å². The van der Waals surface area contributed by atoms with Crippen molar-refractivity contribution in [3.8, 4) is 0 Å². The Hall–Kier alpha value is -1.31. The molecular weight excluding hydrogens is 126 g/mol. The number of pyridine rings is 1. The van der Waals surface area contributed by atoms with Gasteiger partial charge in [-0.3, -0.25) is 4.79 Å². The van der Waals surface area contributed by atoms with Crippen molar-refractivity contribution < 1.29 is 0 Å². The zero-order chi connectivity index (χ0) is 7.40. The maximum Gasteiger partial charge on any atom is 0.248 e. The fourth-order valence-corrected chi connectivity index (χ4v) is 0.783. The van der Waals surface area contributed by atoms with Gasteiger partial charge in [-0.25, -0.2) is 0 Å². The molecule has 1 heterocycles. The van der Waals surface area contributed by atoms with Crippen molar-refractivity contribution in [2.24, 2.45) is 0 Å². The summed E-state index contributed by atoms with van der Waals surface area (Å²) in [6.07, 6.45) is 4.17. The summed E-state index contributed by atoms with van der Waals surface area (Å²) in [6.45, 7) is 3.57. The lowest BCUT2D eigenvalue weighted by Gasteiger charge is -1.91. The van der Waals surface area contributed by atoms with Crippen molar-refractivity contribution in [2.45, 2.75) is 6.42 Å². The summed E-state index contributed by atoms with van der Waals surface area (Å²) in [4.78, 5) is 13.2. The van der Waals surface area contributed by atoms with Gasteiger partial charge in [0.15, 0.2) is 0 Å². The minimum Gasteiger partial charge on any atom is -0.329 e. The van der Waals surface area contributed by atoms with Crippen molar-refractivity contribution in [3.05, 3.63) is 46.9 Å². The van der Waals surface area contributed by atoms with Crippen LogP contribution in [0.1, 0.15) is 5.56 Å². The molecule has 10 heavy (non-hydrogen) atoms. The number of hydrogen-bond acceptors (Lipinski definition) is 1. The molecule has 1 aromatic heterocycles. The van der Waals surface area contributed by atoms with E-state index in [0.717, 1.165) is 12.0 Å². The maximum atomic E-state index is 10.7. The van der Waals surface area contributed by atoms with Crippen LogP contribution >= 0.6 is 0 Å². The largest absolute Gasteiger partial charge is 0.329 e. The fraction of sp³-hybridized carbons (Fsp3) is 0.125. The van der Waals surface area contributed by atoms with Crippen molar-refractivity contribution in [1.82, 2.24) is 4.98 Å². The van der Waals surface area contributed by atoms with E-state index in [-0.39, 0.29) is 5.56 Å². The molecule has 0 radical (unpaired) electrons. The summed E-state index contributed by atoms with van der Waals surface area (Å²) in [5.41, 5.74) is 0.943. The molecule has 1 aromatic rings. The number of H-pyrrole nitrogens is 1. The molecule has 0 bridgehead atoms. The first-order chi connectivity index (χ1) is 4.83. The summed E-state index contributed by atoms with van der Waals surface area (Å²) < 4.78 is 0. The van der Waals surface area contributed by atoms with Crippen LogP contribution in [0, 0.1) is 0 Å². The van der Waals surface area contributed by atoms with Gasteiger partial charge in [0, 0.05) is 12.3 Å². The SMILES string of the molecule is C=CCc1cc[nH]c(=O)c1. The summed E-state index contributed by atoms with van der Waals surface area (Å²) in [6, 6.07) is 3.44. The van der Waals surface area contributed by atoms with E-state index in [1.165, 1.54) is 0 Å². The second-order valence-corrected chi connectivity index (χ2v) is 2.05. The highest BCUT2D eigenvalue weighted by molar-refractivity contribution is 5.12. The van der Waals surface area contributed by atoms with Crippen molar-refractivity contribution in [2.75, 3.05) is 0 Å². The maximum absolute atomic E-state index is 10.7. The van der Waals surface area contributed by atoms with Crippen molar-refractivity contribution >= 4 is 0 Å². The smallest absolute Gasteiger partial charge is 0.248 e. The Bertz CT molecular complexity index is 275. The number of aromatic nitrogens is 1. The van der Waals surface area contributed by atoms with Crippen LogP contribution in [0.5, 0.6) is 0 Å². The molecule has 0 aliphatic carbocycles. The minimum atomic E-state index is -0.0562. The van der Waals surface area contributed by atoms with Gasteiger partial charge in [0.2, 0.25) is 5.56 Å². The molecule has 1 rings (SSSR count). The molecule has 0 saturated carbocycles. The molecular formula is C8H9NO. The average Bonchev–Trinajstić information content (AvgIpc) is 1.88. The predicted molar refractivity (Wildman–Crippen MR) is 41.0 cm³/mol. The van der Waals surface area contributed by atoms with Gasteiger partial charge in [0.05, 0.1) is 0 Å². The van der Waals surface area contributed by atoms with E-state index in [4.69, 9.17) is 0 Å².